The fraction of sp³-hybridized carbons (Fsp3) is 0.500. The van der Waals surface area contributed by atoms with Crippen LogP contribution < -0.4 is 0 Å². The molecule has 0 saturated heterocycles. The second kappa shape index (κ2) is 6.36. The van der Waals surface area contributed by atoms with Gasteiger partial charge in [-0.1, -0.05) is 95.6 Å². The smallest absolute Gasteiger partial charge is 0.216 e. The lowest BCUT2D eigenvalue weighted by molar-refractivity contribution is 0.0480. The van der Waals surface area contributed by atoms with Gasteiger partial charge >= 0.3 is 0 Å². The predicted molar refractivity (Wildman–Crippen MR) is 83.2 cm³/mol. The highest BCUT2D eigenvalue weighted by Crippen LogP contribution is 2.46. The first-order valence-corrected chi connectivity index (χ1v) is 7.65. The molecule has 0 bridgehead atoms. The standard InChI is InChI=1S/C12H11Cl6O/c1-6(2)10(19)8-4-3-7(11(13,14)15)5-9(8)12(16,17)18/h3-6,10H,1-2H3. The van der Waals surface area contributed by atoms with Crippen molar-refractivity contribution >= 4 is 69.6 Å². The van der Waals surface area contributed by atoms with Crippen LogP contribution in [0.2, 0.25) is 0 Å². The van der Waals surface area contributed by atoms with Gasteiger partial charge in [-0.2, -0.15) is 0 Å². The number of alkyl halides is 6. The molecule has 1 unspecified atom stereocenters. The zero-order chi connectivity index (χ0) is 15.0. The van der Waals surface area contributed by atoms with E-state index in [-0.39, 0.29) is 11.5 Å². The minimum atomic E-state index is -1.75. The topological polar surface area (TPSA) is 19.9 Å². The normalized spacial score (nSPS) is 14.8. The fourth-order valence-electron chi connectivity index (χ4n) is 1.59. The van der Waals surface area contributed by atoms with Crippen LogP contribution in [0.5, 0.6) is 0 Å². The average Bonchev–Trinajstić information content (AvgIpc) is 2.24. The Morgan fingerprint density at radius 3 is 1.84 bits per heavy atom. The monoisotopic (exact) mass is 381 g/mol. The summed E-state index contributed by atoms with van der Waals surface area (Å²) in [6.07, 6.45) is -1.02. The molecular weight excluding hydrogens is 373 g/mol. The maximum absolute atomic E-state index is 12.2. The first-order chi connectivity index (χ1) is 8.44. The Hall–Kier alpha value is 0.920. The van der Waals surface area contributed by atoms with Crippen molar-refractivity contribution in [3.63, 3.8) is 0 Å². The summed E-state index contributed by atoms with van der Waals surface area (Å²) < 4.78 is -3.39. The Labute approximate surface area is 142 Å². The molecule has 1 aromatic carbocycles. The van der Waals surface area contributed by atoms with Crippen LogP contribution in [0.3, 0.4) is 0 Å². The number of rotatable bonds is 2. The van der Waals surface area contributed by atoms with Gasteiger partial charge in [0.15, 0.2) is 0 Å². The van der Waals surface area contributed by atoms with E-state index in [1.807, 2.05) is 0 Å². The summed E-state index contributed by atoms with van der Waals surface area (Å²) in [4.78, 5) is 0. The van der Waals surface area contributed by atoms with Crippen molar-refractivity contribution < 1.29 is 5.11 Å². The van der Waals surface area contributed by atoms with Crippen molar-refractivity contribution in [3.05, 3.63) is 34.9 Å². The van der Waals surface area contributed by atoms with Gasteiger partial charge in [-0.25, -0.2) is 5.11 Å². The van der Waals surface area contributed by atoms with Crippen molar-refractivity contribution in [3.8, 4) is 0 Å². The molecule has 0 aliphatic carbocycles. The zero-order valence-corrected chi connectivity index (χ0v) is 14.6. The molecule has 0 heterocycles. The molecule has 0 N–H and O–H groups in total. The van der Waals surface area contributed by atoms with E-state index >= 15 is 0 Å². The van der Waals surface area contributed by atoms with Gasteiger partial charge in [0.1, 0.15) is 6.10 Å². The van der Waals surface area contributed by atoms with Crippen molar-refractivity contribution in [2.45, 2.75) is 27.5 Å². The highest BCUT2D eigenvalue weighted by Gasteiger charge is 2.33. The van der Waals surface area contributed by atoms with Gasteiger partial charge < -0.3 is 0 Å². The second-order valence-electron chi connectivity index (χ2n) is 4.46. The quantitative estimate of drug-likeness (QED) is 0.521. The third-order valence-corrected chi connectivity index (χ3v) is 3.86. The minimum Gasteiger partial charge on any atom is -0.228 e. The van der Waals surface area contributed by atoms with Crippen LogP contribution in [0.25, 0.3) is 0 Å². The van der Waals surface area contributed by atoms with E-state index in [0.717, 1.165) is 0 Å². The third-order valence-electron chi connectivity index (χ3n) is 2.60. The predicted octanol–water partition coefficient (Wildman–Crippen LogP) is 6.47. The molecule has 19 heavy (non-hydrogen) atoms. The molecule has 1 nitrogen and oxygen atoms in total. The molecule has 1 aromatic rings. The van der Waals surface area contributed by atoms with Gasteiger partial charge in [-0.05, 0) is 17.5 Å². The molecule has 0 saturated carbocycles. The molecule has 1 rings (SSSR count). The van der Waals surface area contributed by atoms with Gasteiger partial charge in [-0.15, -0.1) is 0 Å². The summed E-state index contributed by atoms with van der Waals surface area (Å²) in [6, 6.07) is 4.55. The highest BCUT2D eigenvalue weighted by molar-refractivity contribution is 6.67. The maximum Gasteiger partial charge on any atom is 0.216 e. The van der Waals surface area contributed by atoms with Crippen LogP contribution >= 0.6 is 69.6 Å². The van der Waals surface area contributed by atoms with E-state index in [4.69, 9.17) is 69.6 Å². The van der Waals surface area contributed by atoms with E-state index in [0.29, 0.717) is 11.1 Å². The van der Waals surface area contributed by atoms with E-state index in [2.05, 4.69) is 0 Å². The molecule has 0 amide bonds. The van der Waals surface area contributed by atoms with Crippen LogP contribution in [0.4, 0.5) is 0 Å². The Kier molecular flexibility index (Phi) is 6.01. The minimum absolute atomic E-state index is 0.148. The van der Waals surface area contributed by atoms with E-state index < -0.39 is 13.7 Å². The lowest BCUT2D eigenvalue weighted by Gasteiger charge is -2.23. The first kappa shape index (κ1) is 18.0. The summed E-state index contributed by atoms with van der Waals surface area (Å²) in [5.74, 6) is -0.148. The lowest BCUT2D eigenvalue weighted by Crippen LogP contribution is -2.14. The largest absolute Gasteiger partial charge is 0.228 e. The summed E-state index contributed by atoms with van der Waals surface area (Å²) in [7, 11) is 0. The van der Waals surface area contributed by atoms with Crippen molar-refractivity contribution in [2.75, 3.05) is 0 Å². The third kappa shape index (κ3) is 4.71. The Morgan fingerprint density at radius 2 is 1.47 bits per heavy atom. The summed E-state index contributed by atoms with van der Waals surface area (Å²) >= 11 is 35.1. The van der Waals surface area contributed by atoms with E-state index in [1.165, 1.54) is 6.07 Å². The van der Waals surface area contributed by atoms with E-state index in [1.54, 1.807) is 26.0 Å². The van der Waals surface area contributed by atoms with Gasteiger partial charge in [0.05, 0.1) is 0 Å². The fourth-order valence-corrected chi connectivity index (χ4v) is 2.43. The molecule has 1 radical (unpaired) electrons. The average molecular weight is 384 g/mol. The molecule has 1 atom stereocenters. The highest BCUT2D eigenvalue weighted by atomic mass is 35.6. The molecular formula is C12H11Cl6O. The van der Waals surface area contributed by atoms with Gasteiger partial charge in [0, 0.05) is 11.1 Å². The van der Waals surface area contributed by atoms with Crippen LogP contribution in [-0.2, 0) is 12.7 Å². The Bertz CT molecular complexity index is 447. The van der Waals surface area contributed by atoms with Gasteiger partial charge in [-0.3, -0.25) is 0 Å². The van der Waals surface area contributed by atoms with Crippen molar-refractivity contribution in [2.24, 2.45) is 5.92 Å². The van der Waals surface area contributed by atoms with Gasteiger partial charge in [0.2, 0.25) is 7.59 Å². The molecule has 107 valence electrons. The first-order valence-electron chi connectivity index (χ1n) is 5.38. The summed E-state index contributed by atoms with van der Waals surface area (Å²) in [5.41, 5.74) is 0.988. The molecule has 0 fully saturated rings. The number of hydrogen-bond donors (Lipinski definition) is 0. The van der Waals surface area contributed by atoms with Crippen LogP contribution in [0, 0.1) is 5.92 Å². The summed E-state index contributed by atoms with van der Waals surface area (Å²) in [6.45, 7) is 3.59. The number of halogens is 6. The van der Waals surface area contributed by atoms with E-state index in [9.17, 15) is 5.11 Å². The molecule has 0 aromatic heterocycles. The van der Waals surface area contributed by atoms with Crippen LogP contribution in [0.15, 0.2) is 18.2 Å². The van der Waals surface area contributed by atoms with Crippen molar-refractivity contribution in [1.29, 1.82) is 0 Å². The molecule has 0 aliphatic heterocycles. The molecule has 7 heteroatoms. The SMILES string of the molecule is CC(C)C([O])c1ccc(C(Cl)(Cl)Cl)cc1C(Cl)(Cl)Cl. The maximum atomic E-state index is 12.2. The number of hydrogen-bond acceptors (Lipinski definition) is 0. The van der Waals surface area contributed by atoms with Crippen LogP contribution in [0.1, 0.15) is 36.6 Å². The lowest BCUT2D eigenvalue weighted by atomic mass is 9.94. The second-order valence-corrected chi connectivity index (χ2v) is 9.02. The Morgan fingerprint density at radius 1 is 0.947 bits per heavy atom. The molecule has 0 aliphatic rings. The number of benzene rings is 1. The Balaban J connectivity index is 3.42. The summed E-state index contributed by atoms with van der Waals surface area (Å²) in [5, 5.41) is 12.2. The van der Waals surface area contributed by atoms with Crippen LogP contribution in [-0.4, -0.2) is 0 Å². The van der Waals surface area contributed by atoms with Gasteiger partial charge in [0.25, 0.3) is 0 Å². The zero-order valence-electron chi connectivity index (χ0n) is 10.1. The van der Waals surface area contributed by atoms with Crippen molar-refractivity contribution in [1.82, 2.24) is 0 Å². The molecule has 0 spiro atoms.